The maximum atomic E-state index is 4.21. The summed E-state index contributed by atoms with van der Waals surface area (Å²) in [4.78, 5) is 4.21. The zero-order valence-electron chi connectivity index (χ0n) is 12.0. The predicted molar refractivity (Wildman–Crippen MR) is 99.8 cm³/mol. The molecule has 0 unspecified atom stereocenters. The molecule has 0 aliphatic rings. The van der Waals surface area contributed by atoms with Gasteiger partial charge in [-0.05, 0) is 23.8 Å². The van der Waals surface area contributed by atoms with Gasteiger partial charge in [0, 0.05) is 31.3 Å². The third kappa shape index (κ3) is 5.66. The van der Waals surface area contributed by atoms with Crippen LogP contribution in [0.15, 0.2) is 46.0 Å². The molecule has 0 fully saturated rings. The number of halogens is 2. The molecule has 0 radical (unpaired) electrons. The van der Waals surface area contributed by atoms with Crippen molar-refractivity contribution in [2.45, 2.75) is 13.1 Å². The number of hydrogen-bond donors (Lipinski definition) is 2. The smallest absolute Gasteiger partial charge is 0.191 e. The molecule has 2 aromatic rings. The fourth-order valence-corrected chi connectivity index (χ4v) is 2.02. The highest BCUT2D eigenvalue weighted by atomic mass is 127. The molecule has 2 rings (SSSR count). The highest BCUT2D eigenvalue weighted by Crippen LogP contribution is 2.10. The molecule has 0 amide bonds. The zero-order valence-corrected chi connectivity index (χ0v) is 15.9. The average molecular weight is 464 g/mol. The molecule has 21 heavy (non-hydrogen) atoms. The molecule has 1 heterocycles. The summed E-state index contributed by atoms with van der Waals surface area (Å²) in [6, 6.07) is 10.2. The second-order valence-electron chi connectivity index (χ2n) is 4.35. The first-order valence-electron chi connectivity index (χ1n) is 6.35. The lowest BCUT2D eigenvalue weighted by Crippen LogP contribution is -2.36. The molecule has 0 saturated heterocycles. The summed E-state index contributed by atoms with van der Waals surface area (Å²) in [6.45, 7) is 1.43. The molecule has 0 saturated carbocycles. The molecule has 0 aliphatic heterocycles. The van der Waals surface area contributed by atoms with E-state index < -0.39 is 0 Å². The Morgan fingerprint density at radius 1 is 1.19 bits per heavy atom. The minimum Gasteiger partial charge on any atom is -0.352 e. The quantitative estimate of drug-likeness (QED) is 0.416. The van der Waals surface area contributed by atoms with E-state index in [1.165, 1.54) is 5.56 Å². The Bertz CT molecular complexity index is 579. The van der Waals surface area contributed by atoms with Gasteiger partial charge >= 0.3 is 0 Å². The highest BCUT2D eigenvalue weighted by Gasteiger charge is 2.01. The largest absolute Gasteiger partial charge is 0.352 e. The van der Waals surface area contributed by atoms with E-state index in [1.54, 1.807) is 13.2 Å². The lowest BCUT2D eigenvalue weighted by Gasteiger charge is -2.12. The predicted octanol–water partition coefficient (Wildman–Crippen LogP) is 2.67. The summed E-state index contributed by atoms with van der Waals surface area (Å²) in [5.41, 5.74) is 2.31. The first kappa shape index (κ1) is 18.0. The maximum absolute atomic E-state index is 4.21. The van der Waals surface area contributed by atoms with E-state index in [9.17, 15) is 0 Å². The number of nitrogens with one attached hydrogen (secondary N) is 2. The minimum atomic E-state index is 0. The summed E-state index contributed by atoms with van der Waals surface area (Å²) in [7, 11) is 3.69. The topological polar surface area (TPSA) is 54.2 Å². The molecule has 0 aliphatic carbocycles. The van der Waals surface area contributed by atoms with Gasteiger partial charge in [0.05, 0.1) is 12.2 Å². The molecule has 114 valence electrons. The summed E-state index contributed by atoms with van der Waals surface area (Å²) < 4.78 is 2.93. The third-order valence-electron chi connectivity index (χ3n) is 2.96. The van der Waals surface area contributed by atoms with Gasteiger partial charge in [0.25, 0.3) is 0 Å². The van der Waals surface area contributed by atoms with E-state index >= 15 is 0 Å². The van der Waals surface area contributed by atoms with Crippen LogP contribution in [0.3, 0.4) is 0 Å². The van der Waals surface area contributed by atoms with Crippen molar-refractivity contribution in [1.82, 2.24) is 20.4 Å². The van der Waals surface area contributed by atoms with Gasteiger partial charge in [0.1, 0.15) is 0 Å². The normalized spacial score (nSPS) is 10.9. The molecule has 1 aromatic carbocycles. The SMILES string of the molecule is CN=C(NCc1ccc(Br)cc1)NCc1ccnn1C.I. The van der Waals surface area contributed by atoms with Gasteiger partial charge in [-0.25, -0.2) is 0 Å². The summed E-state index contributed by atoms with van der Waals surface area (Å²) >= 11 is 3.43. The molecule has 1 aromatic heterocycles. The van der Waals surface area contributed by atoms with Gasteiger partial charge < -0.3 is 10.6 Å². The van der Waals surface area contributed by atoms with Gasteiger partial charge in [0.15, 0.2) is 5.96 Å². The number of aromatic nitrogens is 2. The number of aliphatic imine (C=N–C) groups is 1. The van der Waals surface area contributed by atoms with Gasteiger partial charge in [-0.3, -0.25) is 9.67 Å². The average Bonchev–Trinajstić information content (AvgIpc) is 2.86. The Hall–Kier alpha value is -1.09. The molecule has 0 atom stereocenters. The van der Waals surface area contributed by atoms with Crippen molar-refractivity contribution in [3.05, 3.63) is 52.3 Å². The third-order valence-corrected chi connectivity index (χ3v) is 3.48. The first-order valence-corrected chi connectivity index (χ1v) is 7.14. The Balaban J connectivity index is 0.00000220. The van der Waals surface area contributed by atoms with Gasteiger partial charge in [-0.2, -0.15) is 5.10 Å². The first-order chi connectivity index (χ1) is 9.69. The van der Waals surface area contributed by atoms with Crippen LogP contribution in [0.4, 0.5) is 0 Å². The van der Waals surface area contributed by atoms with E-state index in [2.05, 4.69) is 48.8 Å². The minimum absolute atomic E-state index is 0. The van der Waals surface area contributed by atoms with Crippen LogP contribution in [0.2, 0.25) is 0 Å². The Labute approximate surface area is 150 Å². The molecular weight excluding hydrogens is 445 g/mol. The second-order valence-corrected chi connectivity index (χ2v) is 5.27. The van der Waals surface area contributed by atoms with Crippen molar-refractivity contribution in [3.8, 4) is 0 Å². The van der Waals surface area contributed by atoms with E-state index in [0.29, 0.717) is 6.54 Å². The van der Waals surface area contributed by atoms with E-state index in [0.717, 1.165) is 22.7 Å². The van der Waals surface area contributed by atoms with Crippen LogP contribution in [-0.4, -0.2) is 22.8 Å². The number of benzene rings is 1. The number of aryl methyl sites for hydroxylation is 1. The van der Waals surface area contributed by atoms with E-state index in [4.69, 9.17) is 0 Å². The fourth-order valence-electron chi connectivity index (χ4n) is 1.76. The number of nitrogens with zero attached hydrogens (tertiary/aromatic N) is 3. The van der Waals surface area contributed by atoms with Crippen molar-refractivity contribution in [2.24, 2.45) is 12.0 Å². The van der Waals surface area contributed by atoms with Crippen LogP contribution >= 0.6 is 39.9 Å². The molecule has 0 bridgehead atoms. The van der Waals surface area contributed by atoms with Crippen molar-refractivity contribution < 1.29 is 0 Å². The standard InChI is InChI=1S/C14H18BrN5.HI/c1-16-14(18-10-13-7-8-19-20(13)2)17-9-11-3-5-12(15)6-4-11;/h3-8H,9-10H2,1-2H3,(H2,16,17,18);1H. The van der Waals surface area contributed by atoms with Crippen LogP contribution < -0.4 is 10.6 Å². The molecule has 2 N–H and O–H groups in total. The number of rotatable bonds is 4. The summed E-state index contributed by atoms with van der Waals surface area (Å²) in [5, 5.41) is 10.7. The molecule has 0 spiro atoms. The van der Waals surface area contributed by atoms with Crippen LogP contribution in [0.5, 0.6) is 0 Å². The van der Waals surface area contributed by atoms with Crippen LogP contribution in [0, 0.1) is 0 Å². The van der Waals surface area contributed by atoms with Crippen molar-refractivity contribution >= 4 is 45.9 Å². The molecule has 7 heteroatoms. The van der Waals surface area contributed by atoms with Crippen LogP contribution in [-0.2, 0) is 20.1 Å². The van der Waals surface area contributed by atoms with Crippen molar-refractivity contribution in [3.63, 3.8) is 0 Å². The van der Waals surface area contributed by atoms with Crippen molar-refractivity contribution in [2.75, 3.05) is 7.05 Å². The Kier molecular flexibility index (Phi) is 7.73. The summed E-state index contributed by atoms with van der Waals surface area (Å²) in [5.74, 6) is 0.772. The Morgan fingerprint density at radius 2 is 1.86 bits per heavy atom. The van der Waals surface area contributed by atoms with Crippen LogP contribution in [0.25, 0.3) is 0 Å². The fraction of sp³-hybridized carbons (Fsp3) is 0.286. The van der Waals surface area contributed by atoms with E-state index in [-0.39, 0.29) is 24.0 Å². The van der Waals surface area contributed by atoms with Gasteiger partial charge in [0.2, 0.25) is 0 Å². The molecule has 5 nitrogen and oxygen atoms in total. The maximum Gasteiger partial charge on any atom is 0.191 e. The summed E-state index contributed by atoms with van der Waals surface area (Å²) in [6.07, 6.45) is 1.79. The molecular formula is C14H19BrIN5. The Morgan fingerprint density at radius 3 is 2.43 bits per heavy atom. The van der Waals surface area contributed by atoms with Gasteiger partial charge in [-0.1, -0.05) is 28.1 Å². The highest BCUT2D eigenvalue weighted by molar-refractivity contribution is 14.0. The lowest BCUT2D eigenvalue weighted by molar-refractivity contribution is 0.684. The second kappa shape index (κ2) is 9.04. The number of guanidine groups is 1. The van der Waals surface area contributed by atoms with Crippen LogP contribution in [0.1, 0.15) is 11.3 Å². The van der Waals surface area contributed by atoms with E-state index in [1.807, 2.05) is 29.9 Å². The van der Waals surface area contributed by atoms with Crippen molar-refractivity contribution in [1.29, 1.82) is 0 Å². The lowest BCUT2D eigenvalue weighted by atomic mass is 10.2. The van der Waals surface area contributed by atoms with Gasteiger partial charge in [-0.15, -0.1) is 24.0 Å². The monoisotopic (exact) mass is 463 g/mol. The zero-order chi connectivity index (χ0) is 14.4. The number of hydrogen-bond acceptors (Lipinski definition) is 2.